The van der Waals surface area contributed by atoms with Gasteiger partial charge in [-0.2, -0.15) is 0 Å². The number of morpholine rings is 1. The van der Waals surface area contributed by atoms with Crippen molar-refractivity contribution in [2.75, 3.05) is 50.8 Å². The fourth-order valence-corrected chi connectivity index (χ4v) is 3.76. The Bertz CT molecular complexity index is 835. The number of benzene rings is 1. The summed E-state index contributed by atoms with van der Waals surface area (Å²) in [6, 6.07) is 10.3. The molecule has 4 rings (SSSR count). The molecule has 1 amide bonds. The lowest BCUT2D eigenvalue weighted by Gasteiger charge is -2.30. The number of nitrogens with zero attached hydrogens (tertiary/aromatic N) is 4. The number of carbonyl (C=O) groups is 1. The summed E-state index contributed by atoms with van der Waals surface area (Å²) in [7, 11) is 0. The van der Waals surface area contributed by atoms with Crippen molar-refractivity contribution >= 4 is 11.7 Å². The molecule has 0 radical (unpaired) electrons. The Labute approximate surface area is 165 Å². The average Bonchev–Trinajstić information content (AvgIpc) is 2.73. The second kappa shape index (κ2) is 8.67. The maximum atomic E-state index is 12.6. The van der Waals surface area contributed by atoms with Gasteiger partial charge in [0, 0.05) is 45.3 Å². The number of fused-ring (bicyclic) bond motifs is 1. The van der Waals surface area contributed by atoms with Gasteiger partial charge in [-0.05, 0) is 24.5 Å². The third-order valence-electron chi connectivity index (χ3n) is 5.33. The molecule has 2 aliphatic rings. The Morgan fingerprint density at radius 2 is 1.93 bits per heavy atom. The first kappa shape index (κ1) is 18.8. The second-order valence-electron chi connectivity index (χ2n) is 7.31. The molecule has 1 N–H and O–H groups in total. The topological polar surface area (TPSA) is 70.6 Å². The van der Waals surface area contributed by atoms with E-state index in [1.54, 1.807) is 0 Å². The maximum Gasteiger partial charge on any atom is 0.270 e. The van der Waals surface area contributed by atoms with Crippen molar-refractivity contribution in [1.82, 2.24) is 20.2 Å². The maximum absolute atomic E-state index is 12.6. The number of rotatable bonds is 5. The van der Waals surface area contributed by atoms with E-state index in [2.05, 4.69) is 49.4 Å². The summed E-state index contributed by atoms with van der Waals surface area (Å²) < 4.78 is 5.35. The van der Waals surface area contributed by atoms with Crippen LogP contribution < -0.4 is 10.2 Å². The SMILES string of the molecule is Cc1nc(C(=O)NCCN2CCOCC2)cc(N2CCc3ccccc3C2)n1. The first-order valence-corrected chi connectivity index (χ1v) is 9.95. The first-order valence-electron chi connectivity index (χ1n) is 9.95. The first-order chi connectivity index (χ1) is 13.7. The van der Waals surface area contributed by atoms with Crippen LogP contribution in [0.1, 0.15) is 27.4 Å². The summed E-state index contributed by atoms with van der Waals surface area (Å²) in [4.78, 5) is 26.1. The molecule has 0 bridgehead atoms. The summed E-state index contributed by atoms with van der Waals surface area (Å²) >= 11 is 0. The Hall–Kier alpha value is -2.51. The minimum absolute atomic E-state index is 0.141. The van der Waals surface area contributed by atoms with Gasteiger partial charge < -0.3 is 15.0 Å². The van der Waals surface area contributed by atoms with Gasteiger partial charge in [-0.1, -0.05) is 24.3 Å². The van der Waals surface area contributed by atoms with E-state index >= 15 is 0 Å². The van der Waals surface area contributed by atoms with Gasteiger partial charge in [-0.15, -0.1) is 0 Å². The van der Waals surface area contributed by atoms with Gasteiger partial charge in [0.1, 0.15) is 17.3 Å². The van der Waals surface area contributed by atoms with Crippen LogP contribution in [0.25, 0.3) is 0 Å². The van der Waals surface area contributed by atoms with Crippen LogP contribution in [0.5, 0.6) is 0 Å². The molecule has 3 heterocycles. The van der Waals surface area contributed by atoms with Crippen molar-refractivity contribution < 1.29 is 9.53 Å². The lowest BCUT2D eigenvalue weighted by molar-refractivity contribution is 0.0383. The summed E-state index contributed by atoms with van der Waals surface area (Å²) in [5.41, 5.74) is 3.15. The molecular weight excluding hydrogens is 354 g/mol. The predicted molar refractivity (Wildman–Crippen MR) is 108 cm³/mol. The number of hydrogen-bond donors (Lipinski definition) is 1. The number of carbonyl (C=O) groups excluding carboxylic acids is 1. The normalized spacial score (nSPS) is 17.2. The van der Waals surface area contributed by atoms with Crippen LogP contribution in [0.2, 0.25) is 0 Å². The molecule has 1 fully saturated rings. The summed E-state index contributed by atoms with van der Waals surface area (Å²) in [6.45, 7) is 8.35. The highest BCUT2D eigenvalue weighted by molar-refractivity contribution is 5.93. The highest BCUT2D eigenvalue weighted by atomic mass is 16.5. The highest BCUT2D eigenvalue weighted by Crippen LogP contribution is 2.23. The van der Waals surface area contributed by atoms with Gasteiger partial charge in [0.2, 0.25) is 0 Å². The number of aryl methyl sites for hydroxylation is 1. The van der Waals surface area contributed by atoms with E-state index < -0.39 is 0 Å². The van der Waals surface area contributed by atoms with Gasteiger partial charge in [0.15, 0.2) is 0 Å². The van der Waals surface area contributed by atoms with Crippen LogP contribution in [0.4, 0.5) is 5.82 Å². The van der Waals surface area contributed by atoms with Gasteiger partial charge in [-0.25, -0.2) is 9.97 Å². The fraction of sp³-hybridized carbons (Fsp3) is 0.476. The zero-order valence-corrected chi connectivity index (χ0v) is 16.4. The van der Waals surface area contributed by atoms with Crippen molar-refractivity contribution in [2.24, 2.45) is 0 Å². The molecule has 1 aromatic heterocycles. The second-order valence-corrected chi connectivity index (χ2v) is 7.31. The van der Waals surface area contributed by atoms with Crippen LogP contribution in [0.15, 0.2) is 30.3 Å². The molecule has 2 aromatic rings. The zero-order valence-electron chi connectivity index (χ0n) is 16.4. The molecule has 0 aliphatic carbocycles. The molecular formula is C21H27N5O2. The molecule has 0 spiro atoms. The van der Waals surface area contributed by atoms with Crippen LogP contribution in [0, 0.1) is 6.92 Å². The minimum Gasteiger partial charge on any atom is -0.379 e. The van der Waals surface area contributed by atoms with E-state index in [-0.39, 0.29) is 5.91 Å². The predicted octanol–water partition coefficient (Wildman–Crippen LogP) is 1.41. The number of nitrogens with one attached hydrogen (secondary N) is 1. The molecule has 1 saturated heterocycles. The lowest BCUT2D eigenvalue weighted by atomic mass is 10.00. The number of anilines is 1. The molecule has 28 heavy (non-hydrogen) atoms. The standard InChI is InChI=1S/C21H27N5O2/c1-16-23-19(21(27)22-7-9-25-10-12-28-13-11-25)14-20(24-16)26-8-6-17-4-2-3-5-18(17)15-26/h2-5,14H,6-13,15H2,1H3,(H,22,27). The number of amides is 1. The van der Waals surface area contributed by atoms with E-state index in [4.69, 9.17) is 4.74 Å². The van der Waals surface area contributed by atoms with Crippen molar-refractivity contribution in [3.05, 3.63) is 53.0 Å². The molecule has 0 atom stereocenters. The fourth-order valence-electron chi connectivity index (χ4n) is 3.76. The van der Waals surface area contributed by atoms with E-state index in [0.29, 0.717) is 18.1 Å². The Morgan fingerprint density at radius 3 is 2.75 bits per heavy atom. The average molecular weight is 381 g/mol. The molecule has 7 nitrogen and oxygen atoms in total. The number of ether oxygens (including phenoxy) is 1. The monoisotopic (exact) mass is 381 g/mol. The Morgan fingerprint density at radius 1 is 1.14 bits per heavy atom. The van der Waals surface area contributed by atoms with Crippen molar-refractivity contribution in [1.29, 1.82) is 0 Å². The van der Waals surface area contributed by atoms with Gasteiger partial charge in [-0.3, -0.25) is 9.69 Å². The summed E-state index contributed by atoms with van der Waals surface area (Å²) in [6.07, 6.45) is 0.986. The molecule has 1 aromatic carbocycles. The van der Waals surface area contributed by atoms with E-state index in [1.807, 2.05) is 13.0 Å². The Kier molecular flexibility index (Phi) is 5.83. The van der Waals surface area contributed by atoms with Gasteiger partial charge >= 0.3 is 0 Å². The van der Waals surface area contributed by atoms with Crippen molar-refractivity contribution in [3.8, 4) is 0 Å². The summed E-state index contributed by atoms with van der Waals surface area (Å²) in [5.74, 6) is 1.30. The van der Waals surface area contributed by atoms with Crippen molar-refractivity contribution in [2.45, 2.75) is 19.9 Å². The highest BCUT2D eigenvalue weighted by Gasteiger charge is 2.19. The van der Waals surface area contributed by atoms with E-state index in [9.17, 15) is 4.79 Å². The van der Waals surface area contributed by atoms with E-state index in [0.717, 1.165) is 58.2 Å². The molecule has 7 heteroatoms. The quantitative estimate of drug-likeness (QED) is 0.845. The van der Waals surface area contributed by atoms with Crippen LogP contribution in [-0.4, -0.2) is 66.7 Å². The van der Waals surface area contributed by atoms with Crippen LogP contribution >= 0.6 is 0 Å². The zero-order chi connectivity index (χ0) is 19.3. The van der Waals surface area contributed by atoms with Crippen LogP contribution in [0.3, 0.4) is 0 Å². The molecule has 2 aliphatic heterocycles. The third-order valence-corrected chi connectivity index (χ3v) is 5.33. The minimum atomic E-state index is -0.141. The number of aromatic nitrogens is 2. The summed E-state index contributed by atoms with van der Waals surface area (Å²) in [5, 5.41) is 2.99. The van der Waals surface area contributed by atoms with Crippen LogP contribution in [-0.2, 0) is 17.7 Å². The largest absolute Gasteiger partial charge is 0.379 e. The smallest absolute Gasteiger partial charge is 0.270 e. The third kappa shape index (κ3) is 4.48. The molecule has 148 valence electrons. The Balaban J connectivity index is 1.40. The van der Waals surface area contributed by atoms with E-state index in [1.165, 1.54) is 11.1 Å². The molecule has 0 unspecified atom stereocenters. The number of hydrogen-bond acceptors (Lipinski definition) is 6. The van der Waals surface area contributed by atoms with Gasteiger partial charge in [0.25, 0.3) is 5.91 Å². The molecule has 0 saturated carbocycles. The van der Waals surface area contributed by atoms with Crippen molar-refractivity contribution in [3.63, 3.8) is 0 Å². The van der Waals surface area contributed by atoms with Gasteiger partial charge in [0.05, 0.1) is 13.2 Å². The lowest BCUT2D eigenvalue weighted by Crippen LogP contribution is -2.41.